The number of thioether (sulfide) groups is 1. The number of hydrogen-bond donors (Lipinski definition) is 1. The first-order valence-electron chi connectivity index (χ1n) is 9.27. The van der Waals surface area contributed by atoms with Crippen molar-refractivity contribution >= 4 is 17.7 Å². The summed E-state index contributed by atoms with van der Waals surface area (Å²) in [6.07, 6.45) is 4.37. The number of aryl methyl sites for hydroxylation is 1. The molecule has 7 heteroatoms. The molecule has 1 aromatic carbocycles. The lowest BCUT2D eigenvalue weighted by Gasteiger charge is -2.24. The summed E-state index contributed by atoms with van der Waals surface area (Å²) in [4.78, 5) is 16.6. The van der Waals surface area contributed by atoms with E-state index in [1.165, 1.54) is 11.8 Å². The third-order valence-electron chi connectivity index (χ3n) is 4.60. The van der Waals surface area contributed by atoms with Gasteiger partial charge < -0.3 is 5.32 Å². The first-order valence-corrected chi connectivity index (χ1v) is 10.3. The van der Waals surface area contributed by atoms with Gasteiger partial charge in [-0.25, -0.2) is 0 Å². The van der Waals surface area contributed by atoms with E-state index in [-0.39, 0.29) is 17.2 Å². The molecule has 0 saturated carbocycles. The van der Waals surface area contributed by atoms with Gasteiger partial charge in [0.05, 0.1) is 11.4 Å². The van der Waals surface area contributed by atoms with Gasteiger partial charge in [0.2, 0.25) is 5.91 Å². The molecule has 2 heterocycles. The number of nitrogens with one attached hydrogen (secondary N) is 1. The molecule has 0 unspecified atom stereocenters. The van der Waals surface area contributed by atoms with E-state index in [2.05, 4.69) is 27.4 Å². The van der Waals surface area contributed by atoms with Crippen molar-refractivity contribution < 1.29 is 4.79 Å². The fourth-order valence-corrected chi connectivity index (χ4v) is 3.45. The molecule has 1 N–H and O–H groups in total. The lowest BCUT2D eigenvalue weighted by molar-refractivity contribution is -0.120. The predicted molar refractivity (Wildman–Crippen MR) is 113 cm³/mol. The molecule has 0 spiro atoms. The van der Waals surface area contributed by atoms with Crippen molar-refractivity contribution in [3.05, 3.63) is 54.4 Å². The topological polar surface area (TPSA) is 72.7 Å². The van der Waals surface area contributed by atoms with Crippen LogP contribution < -0.4 is 5.32 Å². The second-order valence-corrected chi connectivity index (χ2v) is 8.19. The summed E-state index contributed by atoms with van der Waals surface area (Å²) < 4.78 is 2.00. The van der Waals surface area contributed by atoms with Gasteiger partial charge in [-0.15, -0.1) is 10.2 Å². The number of benzene rings is 1. The molecule has 0 saturated heterocycles. The van der Waals surface area contributed by atoms with Gasteiger partial charge in [0.25, 0.3) is 0 Å². The fraction of sp³-hybridized carbons (Fsp3) is 0.333. The van der Waals surface area contributed by atoms with Crippen molar-refractivity contribution in [2.24, 2.45) is 0 Å². The van der Waals surface area contributed by atoms with Crippen molar-refractivity contribution in [2.75, 3.05) is 5.75 Å². The zero-order valence-electron chi connectivity index (χ0n) is 16.6. The number of para-hydroxylation sites is 1. The summed E-state index contributed by atoms with van der Waals surface area (Å²) >= 11 is 1.38. The third-order valence-corrected chi connectivity index (χ3v) is 5.53. The van der Waals surface area contributed by atoms with Gasteiger partial charge in [-0.3, -0.25) is 14.3 Å². The van der Waals surface area contributed by atoms with E-state index in [1.54, 1.807) is 12.4 Å². The molecule has 0 atom stereocenters. The number of hydrogen-bond acceptors (Lipinski definition) is 5. The highest BCUT2D eigenvalue weighted by molar-refractivity contribution is 7.99. The Morgan fingerprint density at radius 3 is 2.64 bits per heavy atom. The Morgan fingerprint density at radius 2 is 1.96 bits per heavy atom. The molecule has 0 radical (unpaired) electrons. The molecule has 1 amide bonds. The molecule has 146 valence electrons. The zero-order chi connectivity index (χ0) is 20.1. The van der Waals surface area contributed by atoms with Crippen LogP contribution in [0, 0.1) is 6.92 Å². The maximum atomic E-state index is 12.4. The smallest absolute Gasteiger partial charge is 0.230 e. The summed E-state index contributed by atoms with van der Waals surface area (Å²) in [7, 11) is 0. The SMILES string of the molecule is CCC(C)(C)NC(=O)CSc1nnc(-c2cccnc2)n1-c1ccccc1C. The average Bonchev–Trinajstić information content (AvgIpc) is 3.11. The molecule has 2 aromatic heterocycles. The summed E-state index contributed by atoms with van der Waals surface area (Å²) in [5.74, 6) is 0.971. The lowest BCUT2D eigenvalue weighted by Crippen LogP contribution is -2.43. The van der Waals surface area contributed by atoms with Gasteiger partial charge in [-0.05, 0) is 51.0 Å². The van der Waals surface area contributed by atoms with Gasteiger partial charge in [0.15, 0.2) is 11.0 Å². The van der Waals surface area contributed by atoms with Crippen LogP contribution in [-0.2, 0) is 4.79 Å². The fourth-order valence-electron chi connectivity index (χ4n) is 2.71. The van der Waals surface area contributed by atoms with Gasteiger partial charge in [0, 0.05) is 23.5 Å². The molecule has 3 aromatic rings. The van der Waals surface area contributed by atoms with Crippen LogP contribution in [0.2, 0.25) is 0 Å². The minimum absolute atomic E-state index is 0.0147. The Hall–Kier alpha value is -2.67. The molecule has 28 heavy (non-hydrogen) atoms. The van der Waals surface area contributed by atoms with Crippen LogP contribution >= 0.6 is 11.8 Å². The highest BCUT2D eigenvalue weighted by atomic mass is 32.2. The minimum atomic E-state index is -0.220. The number of pyridine rings is 1. The maximum absolute atomic E-state index is 12.4. The zero-order valence-corrected chi connectivity index (χ0v) is 17.5. The van der Waals surface area contributed by atoms with Crippen molar-refractivity contribution in [3.8, 4) is 17.1 Å². The maximum Gasteiger partial charge on any atom is 0.230 e. The second kappa shape index (κ2) is 8.56. The van der Waals surface area contributed by atoms with Crippen molar-refractivity contribution in [1.29, 1.82) is 0 Å². The number of nitrogens with zero attached hydrogens (tertiary/aromatic N) is 4. The first-order chi connectivity index (χ1) is 13.4. The van der Waals surface area contributed by atoms with E-state index in [9.17, 15) is 4.79 Å². The van der Waals surface area contributed by atoms with Gasteiger partial charge in [0.1, 0.15) is 0 Å². The molecule has 0 aliphatic rings. The molecule has 6 nitrogen and oxygen atoms in total. The third kappa shape index (κ3) is 4.59. The van der Waals surface area contributed by atoms with Crippen LogP contribution in [0.1, 0.15) is 32.8 Å². The lowest BCUT2D eigenvalue weighted by atomic mass is 10.0. The van der Waals surface area contributed by atoms with Crippen molar-refractivity contribution in [3.63, 3.8) is 0 Å². The number of amides is 1. The van der Waals surface area contributed by atoms with Crippen molar-refractivity contribution in [2.45, 2.75) is 44.8 Å². The summed E-state index contributed by atoms with van der Waals surface area (Å²) in [6.45, 7) is 8.15. The molecular formula is C21H25N5OS. The van der Waals surface area contributed by atoms with E-state index in [0.717, 1.165) is 23.2 Å². The van der Waals surface area contributed by atoms with Crippen LogP contribution in [-0.4, -0.2) is 36.9 Å². The van der Waals surface area contributed by atoms with Gasteiger partial charge >= 0.3 is 0 Å². The van der Waals surface area contributed by atoms with Crippen LogP contribution in [0.3, 0.4) is 0 Å². The molecule has 0 aliphatic carbocycles. The number of carbonyl (C=O) groups excluding carboxylic acids is 1. The Morgan fingerprint density at radius 1 is 1.18 bits per heavy atom. The molecule has 3 rings (SSSR count). The Kier molecular flexibility index (Phi) is 6.14. The van der Waals surface area contributed by atoms with Crippen LogP contribution in [0.5, 0.6) is 0 Å². The van der Waals surface area contributed by atoms with E-state index in [0.29, 0.717) is 11.0 Å². The largest absolute Gasteiger partial charge is 0.351 e. The van der Waals surface area contributed by atoms with Crippen LogP contribution in [0.25, 0.3) is 17.1 Å². The monoisotopic (exact) mass is 395 g/mol. The number of carbonyl (C=O) groups is 1. The van der Waals surface area contributed by atoms with E-state index in [4.69, 9.17) is 0 Å². The normalized spacial score (nSPS) is 11.4. The quantitative estimate of drug-likeness (QED) is 0.612. The Bertz CT molecular complexity index is 952. The van der Waals surface area contributed by atoms with E-state index in [1.807, 2.05) is 61.7 Å². The predicted octanol–water partition coefficient (Wildman–Crippen LogP) is 4.03. The van der Waals surface area contributed by atoms with E-state index < -0.39 is 0 Å². The Balaban J connectivity index is 1.93. The van der Waals surface area contributed by atoms with E-state index >= 15 is 0 Å². The van der Waals surface area contributed by atoms with Crippen LogP contribution in [0.15, 0.2) is 53.9 Å². The standard InChI is InChI=1S/C21H25N5OS/c1-5-21(3,4)23-18(27)14-28-20-25-24-19(16-10-8-12-22-13-16)26(20)17-11-7-6-9-15(17)2/h6-13H,5,14H2,1-4H3,(H,23,27). The molecule has 0 aliphatic heterocycles. The number of aromatic nitrogens is 4. The minimum Gasteiger partial charge on any atom is -0.351 e. The van der Waals surface area contributed by atoms with Crippen LogP contribution in [0.4, 0.5) is 0 Å². The summed E-state index contributed by atoms with van der Waals surface area (Å²) in [5.41, 5.74) is 2.75. The first kappa shape index (κ1) is 20.1. The highest BCUT2D eigenvalue weighted by Gasteiger charge is 2.21. The summed E-state index contributed by atoms with van der Waals surface area (Å²) in [5, 5.41) is 12.5. The number of rotatable bonds is 7. The molecular weight excluding hydrogens is 370 g/mol. The second-order valence-electron chi connectivity index (χ2n) is 7.24. The van der Waals surface area contributed by atoms with Crippen molar-refractivity contribution in [1.82, 2.24) is 25.1 Å². The van der Waals surface area contributed by atoms with Gasteiger partial charge in [-0.2, -0.15) is 0 Å². The Labute approximate surface area is 169 Å². The molecule has 0 bridgehead atoms. The average molecular weight is 396 g/mol. The highest BCUT2D eigenvalue weighted by Crippen LogP contribution is 2.29. The summed E-state index contributed by atoms with van der Waals surface area (Å²) in [6, 6.07) is 11.9. The van der Waals surface area contributed by atoms with Gasteiger partial charge in [-0.1, -0.05) is 36.9 Å². The molecule has 0 fully saturated rings.